The lowest BCUT2D eigenvalue weighted by Gasteiger charge is -2.12. The minimum Gasteiger partial charge on any atom is -0.493 e. The van der Waals surface area contributed by atoms with E-state index in [0.29, 0.717) is 24.6 Å². The summed E-state index contributed by atoms with van der Waals surface area (Å²) >= 11 is 0. The fourth-order valence-electron chi connectivity index (χ4n) is 2.72. The number of nitrogens with one attached hydrogen (secondary N) is 1. The van der Waals surface area contributed by atoms with Crippen molar-refractivity contribution in [2.24, 2.45) is 0 Å². The number of halogens is 1. The number of rotatable bonds is 8. The normalized spacial score (nSPS) is 10.4. The topological polar surface area (TPSA) is 87.2 Å². The molecule has 0 amide bonds. The molecule has 0 aliphatic rings. The number of aromatic nitrogens is 4. The van der Waals surface area contributed by atoms with Crippen LogP contribution in [0.5, 0.6) is 17.5 Å². The largest absolute Gasteiger partial charge is 0.493 e. The van der Waals surface area contributed by atoms with Gasteiger partial charge in [-0.1, -0.05) is 29.4 Å². The predicted octanol–water partition coefficient (Wildman–Crippen LogP) is 3.77. The lowest BCUT2D eigenvalue weighted by molar-refractivity contribution is 0.362. The van der Waals surface area contributed by atoms with E-state index in [4.69, 9.17) is 13.9 Å². The average Bonchev–Trinajstić information content (AvgIpc) is 3.42. The summed E-state index contributed by atoms with van der Waals surface area (Å²) in [5, 5.41) is 15.0. The first-order valence-electron chi connectivity index (χ1n) is 8.75. The van der Waals surface area contributed by atoms with Crippen LogP contribution in [0.15, 0.2) is 71.3 Å². The molecule has 1 N–H and O–H groups in total. The van der Waals surface area contributed by atoms with Gasteiger partial charge in [0, 0.05) is 6.54 Å². The number of hydrogen-bond donors (Lipinski definition) is 1. The molecule has 4 rings (SSSR count). The van der Waals surface area contributed by atoms with Crippen LogP contribution in [0.25, 0.3) is 5.69 Å². The molecule has 2 aromatic carbocycles. The highest BCUT2D eigenvalue weighted by Crippen LogP contribution is 2.32. The molecule has 0 aliphatic heterocycles. The Hall–Kier alpha value is -3.36. The van der Waals surface area contributed by atoms with Crippen molar-refractivity contribution < 1.29 is 13.9 Å². The third-order valence-corrected chi connectivity index (χ3v) is 4.08. The Morgan fingerprint density at radius 2 is 1.86 bits per heavy atom. The highest BCUT2D eigenvalue weighted by atomic mass is 35.5. The number of nitrogens with zero attached hydrogens (tertiary/aromatic N) is 4. The minimum atomic E-state index is 0. The van der Waals surface area contributed by atoms with Gasteiger partial charge in [0.2, 0.25) is 0 Å². The van der Waals surface area contributed by atoms with Gasteiger partial charge in [0.1, 0.15) is 5.76 Å². The van der Waals surface area contributed by atoms with Crippen LogP contribution in [0.2, 0.25) is 0 Å². The first-order chi connectivity index (χ1) is 13.8. The van der Waals surface area contributed by atoms with Gasteiger partial charge in [-0.2, -0.15) is 4.68 Å². The number of tetrazole rings is 1. The van der Waals surface area contributed by atoms with Crippen LogP contribution in [0.1, 0.15) is 11.3 Å². The molecular weight excluding hydrogens is 394 g/mol. The number of hydrogen-bond acceptors (Lipinski definition) is 7. The molecule has 8 nitrogen and oxygen atoms in total. The second-order valence-corrected chi connectivity index (χ2v) is 5.98. The van der Waals surface area contributed by atoms with E-state index in [1.807, 2.05) is 60.7 Å². The molecule has 0 saturated heterocycles. The van der Waals surface area contributed by atoms with Crippen molar-refractivity contribution in [2.45, 2.75) is 13.1 Å². The molecular formula is C20H20ClN5O3. The van der Waals surface area contributed by atoms with Gasteiger partial charge < -0.3 is 19.2 Å². The fourth-order valence-corrected chi connectivity index (χ4v) is 2.72. The number of furan rings is 1. The third-order valence-electron chi connectivity index (χ3n) is 4.08. The van der Waals surface area contributed by atoms with Gasteiger partial charge in [-0.15, -0.1) is 12.4 Å². The lowest BCUT2D eigenvalue weighted by Crippen LogP contribution is -2.12. The molecule has 150 valence electrons. The molecule has 9 heteroatoms. The van der Waals surface area contributed by atoms with E-state index in [9.17, 15) is 0 Å². The van der Waals surface area contributed by atoms with Gasteiger partial charge >= 0.3 is 6.01 Å². The van der Waals surface area contributed by atoms with Crippen LogP contribution in [-0.2, 0) is 13.1 Å². The summed E-state index contributed by atoms with van der Waals surface area (Å²) < 4.78 is 18.2. The fraction of sp³-hybridized carbons (Fsp3) is 0.150. The molecule has 0 unspecified atom stereocenters. The van der Waals surface area contributed by atoms with Crippen LogP contribution in [0.3, 0.4) is 0 Å². The third kappa shape index (κ3) is 4.92. The predicted molar refractivity (Wildman–Crippen MR) is 109 cm³/mol. The minimum absolute atomic E-state index is 0. The summed E-state index contributed by atoms with van der Waals surface area (Å²) in [4.78, 5) is 0. The highest BCUT2D eigenvalue weighted by molar-refractivity contribution is 5.85. The maximum Gasteiger partial charge on any atom is 0.346 e. The first-order valence-corrected chi connectivity index (χ1v) is 8.75. The smallest absolute Gasteiger partial charge is 0.346 e. The van der Waals surface area contributed by atoms with Crippen LogP contribution in [-0.4, -0.2) is 27.3 Å². The second-order valence-electron chi connectivity index (χ2n) is 5.98. The maximum atomic E-state index is 5.91. The lowest BCUT2D eigenvalue weighted by atomic mass is 10.2. The monoisotopic (exact) mass is 413 g/mol. The van der Waals surface area contributed by atoms with Crippen LogP contribution in [0.4, 0.5) is 0 Å². The van der Waals surface area contributed by atoms with Gasteiger partial charge in [-0.25, -0.2) is 0 Å². The van der Waals surface area contributed by atoms with Crippen molar-refractivity contribution in [1.29, 1.82) is 0 Å². The van der Waals surface area contributed by atoms with Gasteiger partial charge in [0.15, 0.2) is 11.5 Å². The van der Waals surface area contributed by atoms with Crippen molar-refractivity contribution in [3.63, 3.8) is 0 Å². The zero-order valence-electron chi connectivity index (χ0n) is 15.7. The summed E-state index contributed by atoms with van der Waals surface area (Å²) in [5.41, 5.74) is 1.86. The van der Waals surface area contributed by atoms with Crippen molar-refractivity contribution in [3.05, 3.63) is 78.3 Å². The molecule has 0 spiro atoms. The molecule has 0 fully saturated rings. The quantitative estimate of drug-likeness (QED) is 0.470. The highest BCUT2D eigenvalue weighted by Gasteiger charge is 2.14. The van der Waals surface area contributed by atoms with Gasteiger partial charge in [0.25, 0.3) is 0 Å². The molecule has 2 heterocycles. The SMILES string of the molecule is COc1cc(CNCc2ccco2)ccc1Oc1nnnn1-c1ccccc1.Cl. The Balaban J connectivity index is 0.00000240. The Kier molecular flexibility index (Phi) is 6.83. The average molecular weight is 414 g/mol. The number of benzene rings is 2. The van der Waals surface area contributed by atoms with E-state index in [2.05, 4.69) is 20.8 Å². The van der Waals surface area contributed by atoms with Crippen LogP contribution < -0.4 is 14.8 Å². The van der Waals surface area contributed by atoms with E-state index < -0.39 is 0 Å². The van der Waals surface area contributed by atoms with Crippen LogP contribution in [0, 0.1) is 0 Å². The Labute approximate surface area is 173 Å². The molecule has 4 aromatic rings. The summed E-state index contributed by atoms with van der Waals surface area (Å²) in [6.45, 7) is 1.32. The Bertz CT molecular complexity index is 1020. The van der Waals surface area contributed by atoms with Gasteiger partial charge in [0.05, 0.1) is 25.6 Å². The van der Waals surface area contributed by atoms with Crippen molar-refractivity contribution in [3.8, 4) is 23.2 Å². The molecule has 0 radical (unpaired) electrons. The Morgan fingerprint density at radius 1 is 1.00 bits per heavy atom. The molecule has 29 heavy (non-hydrogen) atoms. The zero-order valence-corrected chi connectivity index (χ0v) is 16.5. The van der Waals surface area contributed by atoms with Gasteiger partial charge in [-0.05, 0) is 52.4 Å². The van der Waals surface area contributed by atoms with Crippen molar-refractivity contribution >= 4 is 12.4 Å². The van der Waals surface area contributed by atoms with Gasteiger partial charge in [-0.3, -0.25) is 0 Å². The number of para-hydroxylation sites is 1. The Morgan fingerprint density at radius 3 is 2.62 bits per heavy atom. The van der Waals surface area contributed by atoms with E-state index in [1.165, 1.54) is 4.68 Å². The summed E-state index contributed by atoms with van der Waals surface area (Å²) in [7, 11) is 1.60. The summed E-state index contributed by atoms with van der Waals surface area (Å²) in [6, 6.07) is 19.3. The summed E-state index contributed by atoms with van der Waals surface area (Å²) in [5.74, 6) is 2.02. The second kappa shape index (κ2) is 9.72. The van der Waals surface area contributed by atoms with Crippen molar-refractivity contribution in [1.82, 2.24) is 25.5 Å². The van der Waals surface area contributed by atoms with Crippen LogP contribution >= 0.6 is 12.4 Å². The van der Waals surface area contributed by atoms with E-state index in [-0.39, 0.29) is 18.4 Å². The molecule has 0 atom stereocenters. The molecule has 0 saturated carbocycles. The maximum absolute atomic E-state index is 5.91. The molecule has 0 aliphatic carbocycles. The zero-order chi connectivity index (χ0) is 19.2. The first kappa shape index (κ1) is 20.4. The number of methoxy groups -OCH3 is 1. The van der Waals surface area contributed by atoms with E-state index in [1.54, 1.807) is 13.4 Å². The van der Waals surface area contributed by atoms with E-state index >= 15 is 0 Å². The van der Waals surface area contributed by atoms with E-state index in [0.717, 1.165) is 17.0 Å². The summed E-state index contributed by atoms with van der Waals surface area (Å²) in [6.07, 6.45) is 1.66. The molecule has 2 aromatic heterocycles. The van der Waals surface area contributed by atoms with Crippen molar-refractivity contribution in [2.75, 3.05) is 7.11 Å². The number of ether oxygens (including phenoxy) is 2. The molecule has 0 bridgehead atoms. The standard InChI is InChI=1S/C20H19N5O3.ClH/c1-26-19-12-15(13-21-14-17-8-5-11-27-17)9-10-18(19)28-20-22-23-24-25(20)16-6-3-2-4-7-16;/h2-12,21H,13-14H2,1H3;1H.